The van der Waals surface area contributed by atoms with Gasteiger partial charge in [-0.25, -0.2) is 9.97 Å². The highest BCUT2D eigenvalue weighted by Crippen LogP contribution is 2.29. The van der Waals surface area contributed by atoms with Gasteiger partial charge in [0.2, 0.25) is 0 Å². The van der Waals surface area contributed by atoms with Gasteiger partial charge in [-0.05, 0) is 37.5 Å². The largest absolute Gasteiger partial charge is 0.384 e. The van der Waals surface area contributed by atoms with Gasteiger partial charge in [-0.3, -0.25) is 4.79 Å². The zero-order valence-corrected chi connectivity index (χ0v) is 17.1. The summed E-state index contributed by atoms with van der Waals surface area (Å²) >= 11 is 0. The molecule has 152 valence electrons. The average molecular weight is 399 g/mol. The minimum absolute atomic E-state index is 0.156. The van der Waals surface area contributed by atoms with Crippen molar-refractivity contribution in [2.24, 2.45) is 0 Å². The van der Waals surface area contributed by atoms with Crippen molar-refractivity contribution in [3.05, 3.63) is 65.2 Å². The van der Waals surface area contributed by atoms with E-state index in [-0.39, 0.29) is 11.9 Å². The molecule has 2 aromatic carbocycles. The van der Waals surface area contributed by atoms with Crippen LogP contribution in [-0.4, -0.2) is 26.5 Å². The molecule has 4 aromatic rings. The fourth-order valence-corrected chi connectivity index (χ4v) is 4.30. The van der Waals surface area contributed by atoms with Crippen molar-refractivity contribution in [3.63, 3.8) is 0 Å². The molecule has 1 amide bonds. The van der Waals surface area contributed by atoms with E-state index in [1.165, 1.54) is 5.56 Å². The SMILES string of the molecule is Cc1ccc(Cn2c(N)c(C(=O)NC3CCCC3)c3nc4ccccc4nc32)cc1. The van der Waals surface area contributed by atoms with E-state index in [1.54, 1.807) is 0 Å². The van der Waals surface area contributed by atoms with Crippen molar-refractivity contribution in [1.82, 2.24) is 19.9 Å². The Bertz CT molecular complexity index is 1240. The van der Waals surface area contributed by atoms with Gasteiger partial charge in [-0.1, -0.05) is 54.8 Å². The molecular weight excluding hydrogens is 374 g/mol. The maximum absolute atomic E-state index is 13.2. The summed E-state index contributed by atoms with van der Waals surface area (Å²) in [5.74, 6) is 0.257. The summed E-state index contributed by atoms with van der Waals surface area (Å²) in [4.78, 5) is 22.8. The van der Waals surface area contributed by atoms with Crippen molar-refractivity contribution in [2.75, 3.05) is 5.73 Å². The van der Waals surface area contributed by atoms with Gasteiger partial charge >= 0.3 is 0 Å². The molecule has 0 unspecified atom stereocenters. The number of nitrogen functional groups attached to an aromatic ring is 1. The Kier molecular flexibility index (Phi) is 4.62. The first-order valence-electron chi connectivity index (χ1n) is 10.5. The number of carbonyl (C=O) groups is 1. The molecule has 30 heavy (non-hydrogen) atoms. The zero-order chi connectivity index (χ0) is 20.7. The minimum Gasteiger partial charge on any atom is -0.384 e. The van der Waals surface area contributed by atoms with Crippen molar-refractivity contribution in [1.29, 1.82) is 0 Å². The monoisotopic (exact) mass is 399 g/mol. The normalized spacial score (nSPS) is 14.6. The number of aryl methyl sites for hydroxylation is 1. The molecule has 0 aliphatic heterocycles. The molecule has 2 aromatic heterocycles. The number of amides is 1. The number of nitrogens with two attached hydrogens (primary N) is 1. The molecule has 1 fully saturated rings. The van der Waals surface area contributed by atoms with Crippen LogP contribution < -0.4 is 11.1 Å². The number of carbonyl (C=O) groups excluding carboxylic acids is 1. The van der Waals surface area contributed by atoms with Crippen LogP contribution in [0.4, 0.5) is 5.82 Å². The number of aromatic nitrogens is 3. The first kappa shape index (κ1) is 18.6. The summed E-state index contributed by atoms with van der Waals surface area (Å²) in [5.41, 5.74) is 12.0. The predicted octanol–water partition coefficient (Wildman–Crippen LogP) is 4.20. The molecule has 2 heterocycles. The van der Waals surface area contributed by atoms with E-state index in [1.807, 2.05) is 28.8 Å². The van der Waals surface area contributed by atoms with E-state index >= 15 is 0 Å². The van der Waals surface area contributed by atoms with Crippen molar-refractivity contribution in [2.45, 2.75) is 45.2 Å². The van der Waals surface area contributed by atoms with Crippen molar-refractivity contribution < 1.29 is 4.79 Å². The van der Waals surface area contributed by atoms with Gasteiger partial charge in [0, 0.05) is 6.04 Å². The second-order valence-corrected chi connectivity index (χ2v) is 8.17. The van der Waals surface area contributed by atoms with Crippen LogP contribution in [0.15, 0.2) is 48.5 Å². The van der Waals surface area contributed by atoms with E-state index in [9.17, 15) is 4.79 Å². The van der Waals surface area contributed by atoms with Gasteiger partial charge in [0.1, 0.15) is 16.9 Å². The van der Waals surface area contributed by atoms with E-state index < -0.39 is 0 Å². The second kappa shape index (κ2) is 7.44. The second-order valence-electron chi connectivity index (χ2n) is 8.17. The number of hydrogen-bond donors (Lipinski definition) is 2. The van der Waals surface area contributed by atoms with Crippen molar-refractivity contribution >= 4 is 33.9 Å². The standard InChI is InChI=1S/C24H25N5O/c1-15-10-12-16(13-11-15)14-29-22(25)20(24(30)26-17-6-2-3-7-17)21-23(29)28-19-9-5-4-8-18(19)27-21/h4-5,8-13,17H,2-3,6-7,14,25H2,1H3,(H,26,30). The van der Waals surface area contributed by atoms with Crippen LogP contribution >= 0.6 is 0 Å². The number of fused-ring (bicyclic) bond motifs is 2. The van der Waals surface area contributed by atoms with E-state index in [0.29, 0.717) is 29.1 Å². The molecule has 0 atom stereocenters. The summed E-state index contributed by atoms with van der Waals surface area (Å²) < 4.78 is 1.91. The Hall–Kier alpha value is -3.41. The third-order valence-electron chi connectivity index (χ3n) is 5.97. The average Bonchev–Trinajstić information content (AvgIpc) is 3.34. The Labute approximate surface area is 175 Å². The highest BCUT2D eigenvalue weighted by Gasteiger charge is 2.26. The third-order valence-corrected chi connectivity index (χ3v) is 5.97. The van der Waals surface area contributed by atoms with Gasteiger partial charge in [0.25, 0.3) is 5.91 Å². The zero-order valence-electron chi connectivity index (χ0n) is 17.1. The number of nitrogens with zero attached hydrogens (tertiary/aromatic N) is 3. The van der Waals surface area contributed by atoms with Gasteiger partial charge in [-0.15, -0.1) is 0 Å². The summed E-state index contributed by atoms with van der Waals surface area (Å²) in [7, 11) is 0. The maximum atomic E-state index is 13.2. The van der Waals surface area contributed by atoms with Crippen LogP contribution in [0.25, 0.3) is 22.2 Å². The number of hydrogen-bond acceptors (Lipinski definition) is 4. The van der Waals surface area contributed by atoms with Crippen LogP contribution in [0.2, 0.25) is 0 Å². The van der Waals surface area contributed by atoms with Crippen LogP contribution in [0, 0.1) is 6.92 Å². The first-order valence-corrected chi connectivity index (χ1v) is 10.5. The topological polar surface area (TPSA) is 85.8 Å². The van der Waals surface area contributed by atoms with Gasteiger partial charge in [0.15, 0.2) is 5.65 Å². The number of nitrogens with one attached hydrogen (secondary N) is 1. The van der Waals surface area contributed by atoms with E-state index in [4.69, 9.17) is 15.7 Å². The molecule has 1 saturated carbocycles. The molecular formula is C24H25N5O. The molecule has 5 rings (SSSR count). The molecule has 1 aliphatic rings. The van der Waals surface area contributed by atoms with Crippen LogP contribution in [0.5, 0.6) is 0 Å². The lowest BCUT2D eigenvalue weighted by atomic mass is 10.1. The lowest BCUT2D eigenvalue weighted by molar-refractivity contribution is 0.0940. The Morgan fingerprint density at radius 3 is 2.43 bits per heavy atom. The maximum Gasteiger partial charge on any atom is 0.257 e. The molecule has 0 saturated heterocycles. The fraction of sp³-hybridized carbons (Fsp3) is 0.292. The quantitative estimate of drug-likeness (QED) is 0.539. The Morgan fingerprint density at radius 2 is 1.73 bits per heavy atom. The highest BCUT2D eigenvalue weighted by atomic mass is 16.1. The Morgan fingerprint density at radius 1 is 1.07 bits per heavy atom. The molecule has 6 heteroatoms. The smallest absolute Gasteiger partial charge is 0.257 e. The summed E-state index contributed by atoms with van der Waals surface area (Å²) in [6.07, 6.45) is 4.34. The summed E-state index contributed by atoms with van der Waals surface area (Å²) in [6.45, 7) is 2.60. The minimum atomic E-state index is -0.156. The summed E-state index contributed by atoms with van der Waals surface area (Å²) in [5, 5.41) is 3.16. The third kappa shape index (κ3) is 3.28. The first-order chi connectivity index (χ1) is 14.6. The van der Waals surface area contributed by atoms with Gasteiger partial charge in [0.05, 0.1) is 17.6 Å². The Balaban J connectivity index is 1.65. The number of para-hydroxylation sites is 2. The van der Waals surface area contributed by atoms with E-state index in [0.717, 1.165) is 42.3 Å². The molecule has 0 radical (unpaired) electrons. The molecule has 1 aliphatic carbocycles. The van der Waals surface area contributed by atoms with Gasteiger partial charge in [-0.2, -0.15) is 0 Å². The summed E-state index contributed by atoms with van der Waals surface area (Å²) in [6, 6.07) is 16.2. The van der Waals surface area contributed by atoms with Crippen molar-refractivity contribution in [3.8, 4) is 0 Å². The highest BCUT2D eigenvalue weighted by molar-refractivity contribution is 6.10. The predicted molar refractivity (Wildman–Crippen MR) is 119 cm³/mol. The van der Waals surface area contributed by atoms with Crippen LogP contribution in [0.3, 0.4) is 0 Å². The van der Waals surface area contributed by atoms with Crippen LogP contribution in [0.1, 0.15) is 47.2 Å². The van der Waals surface area contributed by atoms with Crippen LogP contribution in [-0.2, 0) is 6.54 Å². The lowest BCUT2D eigenvalue weighted by Crippen LogP contribution is -2.33. The number of anilines is 1. The molecule has 0 bridgehead atoms. The lowest BCUT2D eigenvalue weighted by Gasteiger charge is -2.12. The molecule has 0 spiro atoms. The molecule has 6 nitrogen and oxygen atoms in total. The number of benzene rings is 2. The van der Waals surface area contributed by atoms with E-state index in [2.05, 4.69) is 36.5 Å². The molecule has 3 N–H and O–H groups in total. The number of rotatable bonds is 4. The fourth-order valence-electron chi connectivity index (χ4n) is 4.30. The van der Waals surface area contributed by atoms with Gasteiger partial charge < -0.3 is 15.6 Å².